The van der Waals surface area contributed by atoms with Crippen molar-refractivity contribution in [2.24, 2.45) is 0 Å². The molecule has 0 saturated carbocycles. The number of Topliss-reactive ketones (excluding diaryl/α,β-unsaturated/α-hetero) is 1. The zero-order chi connectivity index (χ0) is 16.8. The number of carbonyl (C=O) groups excluding carboxylic acids is 1. The van der Waals surface area contributed by atoms with Gasteiger partial charge in [0, 0.05) is 12.1 Å². The Kier molecular flexibility index (Phi) is 6.38. The first kappa shape index (κ1) is 17.7. The summed E-state index contributed by atoms with van der Waals surface area (Å²) < 4.78 is 11.4. The van der Waals surface area contributed by atoms with Crippen LogP contribution in [0.2, 0.25) is 0 Å². The van der Waals surface area contributed by atoms with Crippen LogP contribution in [0.1, 0.15) is 22.2 Å². The van der Waals surface area contributed by atoms with Crippen molar-refractivity contribution in [3.63, 3.8) is 0 Å². The Labute approximate surface area is 144 Å². The molecule has 0 saturated heterocycles. The molecule has 0 spiro atoms. The molecular weight excluding hydrogens is 360 g/mol. The maximum atomic E-state index is 12.3. The lowest BCUT2D eigenvalue weighted by atomic mass is 10.1. The second kappa shape index (κ2) is 8.29. The van der Waals surface area contributed by atoms with E-state index in [1.165, 1.54) is 0 Å². The number of benzene rings is 1. The first-order valence-corrected chi connectivity index (χ1v) is 8.09. The number of hydrogen-bond donors (Lipinski definition) is 1. The Morgan fingerprint density at radius 3 is 2.74 bits per heavy atom. The van der Waals surface area contributed by atoms with Crippen LogP contribution in [0.4, 0.5) is 0 Å². The molecule has 0 amide bonds. The van der Waals surface area contributed by atoms with E-state index in [9.17, 15) is 4.79 Å². The van der Waals surface area contributed by atoms with Crippen molar-refractivity contribution < 1.29 is 13.9 Å². The highest BCUT2D eigenvalue weighted by Crippen LogP contribution is 2.25. The zero-order valence-electron chi connectivity index (χ0n) is 13.5. The van der Waals surface area contributed by atoms with Gasteiger partial charge in [0.15, 0.2) is 5.78 Å². The van der Waals surface area contributed by atoms with E-state index in [1.54, 1.807) is 31.6 Å². The van der Waals surface area contributed by atoms with Crippen LogP contribution in [0.15, 0.2) is 45.5 Å². The fourth-order valence-electron chi connectivity index (χ4n) is 2.28. The molecular formula is C17H21BrN2O3. The minimum absolute atomic E-state index is 0.0327. The minimum atomic E-state index is 0.0327. The summed E-state index contributed by atoms with van der Waals surface area (Å²) in [4.78, 5) is 14.3. The Morgan fingerprint density at radius 2 is 2.17 bits per heavy atom. The van der Waals surface area contributed by atoms with Crippen molar-refractivity contribution in [2.45, 2.75) is 6.04 Å². The summed E-state index contributed by atoms with van der Waals surface area (Å²) in [6.45, 7) is 0.896. The van der Waals surface area contributed by atoms with Gasteiger partial charge in [0.1, 0.15) is 11.5 Å². The summed E-state index contributed by atoms with van der Waals surface area (Å²) in [5, 5.41) is 3.20. The van der Waals surface area contributed by atoms with Crippen molar-refractivity contribution >= 4 is 21.7 Å². The van der Waals surface area contributed by atoms with E-state index < -0.39 is 0 Å². The molecule has 2 rings (SSSR count). The Balaban J connectivity index is 1.92. The molecule has 0 aliphatic carbocycles. The number of likely N-dealkylation sites (N-methyl/N-ethyl adjacent to an activating group) is 1. The lowest BCUT2D eigenvalue weighted by molar-refractivity contribution is 0.0987. The van der Waals surface area contributed by atoms with Gasteiger partial charge in [-0.15, -0.1) is 0 Å². The second-order valence-corrected chi connectivity index (χ2v) is 6.25. The summed E-state index contributed by atoms with van der Waals surface area (Å²) in [6.07, 6.45) is 1.66. The number of carbonyl (C=O) groups is 1. The molecule has 1 aromatic heterocycles. The van der Waals surface area contributed by atoms with Gasteiger partial charge in [-0.25, -0.2) is 0 Å². The SMILES string of the molecule is COc1ccc(C(=O)CNCC(c2ccco2)N(C)C)cc1Br. The predicted molar refractivity (Wildman–Crippen MR) is 93.0 cm³/mol. The smallest absolute Gasteiger partial charge is 0.176 e. The van der Waals surface area contributed by atoms with E-state index in [0.29, 0.717) is 17.9 Å². The summed E-state index contributed by atoms with van der Waals surface area (Å²) in [5.41, 5.74) is 0.643. The molecule has 6 heteroatoms. The van der Waals surface area contributed by atoms with Crippen LogP contribution in [0, 0.1) is 0 Å². The van der Waals surface area contributed by atoms with Crippen LogP contribution < -0.4 is 10.1 Å². The number of nitrogens with zero attached hydrogens (tertiary/aromatic N) is 1. The maximum absolute atomic E-state index is 12.3. The topological polar surface area (TPSA) is 54.7 Å². The van der Waals surface area contributed by atoms with E-state index in [1.807, 2.05) is 26.2 Å². The molecule has 1 aromatic carbocycles. The molecule has 1 N–H and O–H groups in total. The number of ketones is 1. The quantitative estimate of drug-likeness (QED) is 0.713. The first-order chi connectivity index (χ1) is 11.0. The number of ether oxygens (including phenoxy) is 1. The van der Waals surface area contributed by atoms with Crippen LogP contribution in [-0.2, 0) is 0 Å². The number of methoxy groups -OCH3 is 1. The van der Waals surface area contributed by atoms with Gasteiger partial charge in [-0.05, 0) is 60.4 Å². The highest BCUT2D eigenvalue weighted by atomic mass is 79.9. The molecule has 1 atom stereocenters. The average molecular weight is 381 g/mol. The monoisotopic (exact) mass is 380 g/mol. The molecule has 1 heterocycles. The molecule has 124 valence electrons. The van der Waals surface area contributed by atoms with Crippen molar-refractivity contribution in [3.8, 4) is 5.75 Å². The molecule has 23 heavy (non-hydrogen) atoms. The number of halogens is 1. The molecule has 0 aliphatic heterocycles. The molecule has 2 aromatic rings. The third-order valence-electron chi connectivity index (χ3n) is 3.59. The van der Waals surface area contributed by atoms with Crippen LogP contribution in [-0.4, -0.2) is 45.0 Å². The molecule has 0 fully saturated rings. The Morgan fingerprint density at radius 1 is 1.39 bits per heavy atom. The molecule has 0 radical (unpaired) electrons. The van der Waals surface area contributed by atoms with Gasteiger partial charge in [-0.1, -0.05) is 0 Å². The highest BCUT2D eigenvalue weighted by molar-refractivity contribution is 9.10. The van der Waals surface area contributed by atoms with Crippen LogP contribution in [0.5, 0.6) is 5.75 Å². The fourth-order valence-corrected chi connectivity index (χ4v) is 2.82. The third-order valence-corrected chi connectivity index (χ3v) is 4.21. The van der Waals surface area contributed by atoms with Crippen LogP contribution in [0.25, 0.3) is 0 Å². The highest BCUT2D eigenvalue weighted by Gasteiger charge is 2.17. The lowest BCUT2D eigenvalue weighted by Gasteiger charge is -2.22. The Bertz CT molecular complexity index is 641. The summed E-state index contributed by atoms with van der Waals surface area (Å²) in [6, 6.07) is 9.21. The van der Waals surface area contributed by atoms with Crippen molar-refractivity contribution in [1.82, 2.24) is 10.2 Å². The largest absolute Gasteiger partial charge is 0.496 e. The van der Waals surface area contributed by atoms with Gasteiger partial charge in [-0.3, -0.25) is 9.69 Å². The number of hydrogen-bond acceptors (Lipinski definition) is 5. The Hall–Kier alpha value is -1.63. The van der Waals surface area contributed by atoms with E-state index in [4.69, 9.17) is 9.15 Å². The van der Waals surface area contributed by atoms with Crippen molar-refractivity contribution in [1.29, 1.82) is 0 Å². The first-order valence-electron chi connectivity index (χ1n) is 7.30. The maximum Gasteiger partial charge on any atom is 0.176 e. The summed E-state index contributed by atoms with van der Waals surface area (Å²) in [5.74, 6) is 1.62. The summed E-state index contributed by atoms with van der Waals surface area (Å²) in [7, 11) is 5.56. The van der Waals surface area contributed by atoms with E-state index in [2.05, 4.69) is 26.1 Å². The number of nitrogens with one attached hydrogen (secondary N) is 1. The zero-order valence-corrected chi connectivity index (χ0v) is 15.1. The lowest BCUT2D eigenvalue weighted by Crippen LogP contribution is -2.33. The standard InChI is InChI=1S/C17H21BrN2O3/c1-20(2)14(17-5-4-8-23-17)10-19-11-15(21)12-6-7-16(22-3)13(18)9-12/h4-9,14,19H,10-11H2,1-3H3. The van der Waals surface area contributed by atoms with Gasteiger partial charge in [-0.2, -0.15) is 0 Å². The second-order valence-electron chi connectivity index (χ2n) is 5.40. The molecule has 0 bridgehead atoms. The van der Waals surface area contributed by atoms with E-state index in [0.717, 1.165) is 10.2 Å². The van der Waals surface area contributed by atoms with Crippen LogP contribution >= 0.6 is 15.9 Å². The van der Waals surface area contributed by atoms with Gasteiger partial charge < -0.3 is 14.5 Å². The van der Waals surface area contributed by atoms with Crippen LogP contribution in [0.3, 0.4) is 0 Å². The van der Waals surface area contributed by atoms with Gasteiger partial charge in [0.25, 0.3) is 0 Å². The molecule has 0 aliphatic rings. The normalized spacial score (nSPS) is 12.4. The van der Waals surface area contributed by atoms with Gasteiger partial charge in [0.05, 0.1) is 30.4 Å². The van der Waals surface area contributed by atoms with Crippen molar-refractivity contribution in [2.75, 3.05) is 34.3 Å². The number of furan rings is 1. The fraction of sp³-hybridized carbons (Fsp3) is 0.353. The van der Waals surface area contributed by atoms with Gasteiger partial charge in [0.2, 0.25) is 0 Å². The molecule has 5 nitrogen and oxygen atoms in total. The third kappa shape index (κ3) is 4.67. The minimum Gasteiger partial charge on any atom is -0.496 e. The van der Waals surface area contributed by atoms with Crippen molar-refractivity contribution in [3.05, 3.63) is 52.4 Å². The van der Waals surface area contributed by atoms with Gasteiger partial charge >= 0.3 is 0 Å². The summed E-state index contributed by atoms with van der Waals surface area (Å²) >= 11 is 3.40. The molecule has 1 unspecified atom stereocenters. The predicted octanol–water partition coefficient (Wildman–Crippen LogP) is 3.13. The average Bonchev–Trinajstić information content (AvgIpc) is 3.04. The number of rotatable bonds is 8. The van der Waals surface area contributed by atoms with E-state index >= 15 is 0 Å². The van der Waals surface area contributed by atoms with E-state index in [-0.39, 0.29) is 18.4 Å².